The zero-order chi connectivity index (χ0) is 15.9. The second-order valence-corrected chi connectivity index (χ2v) is 3.82. The molecule has 8 heteroatoms. The number of anilines is 1. The first-order chi connectivity index (χ1) is 9.07. The lowest BCUT2D eigenvalue weighted by atomic mass is 10.2. The molecule has 1 aromatic carbocycles. The zero-order valence-corrected chi connectivity index (χ0v) is 10.9. The van der Waals surface area contributed by atoms with Gasteiger partial charge in [-0.05, 0) is 19.1 Å². The van der Waals surface area contributed by atoms with Crippen molar-refractivity contribution in [1.29, 1.82) is 0 Å². The molecule has 1 rings (SSSR count). The summed E-state index contributed by atoms with van der Waals surface area (Å²) < 4.78 is 31.7. The Bertz CT molecular complexity index is 447. The number of aliphatic carboxylic acids is 1. The Balaban J connectivity index is 0.000000441. The number of benzene rings is 1. The minimum atomic E-state index is -5.08. The molecule has 1 amide bonds. The van der Waals surface area contributed by atoms with Crippen molar-refractivity contribution in [2.24, 2.45) is 5.73 Å². The van der Waals surface area contributed by atoms with Gasteiger partial charge in [0.2, 0.25) is 5.91 Å². The van der Waals surface area contributed by atoms with Gasteiger partial charge in [-0.3, -0.25) is 4.79 Å². The Hall–Kier alpha value is -2.09. The molecule has 0 fully saturated rings. The lowest BCUT2D eigenvalue weighted by Crippen LogP contribution is -2.39. The first-order valence-corrected chi connectivity index (χ1v) is 5.45. The summed E-state index contributed by atoms with van der Waals surface area (Å²) in [4.78, 5) is 21.9. The van der Waals surface area contributed by atoms with Crippen LogP contribution in [0.1, 0.15) is 6.92 Å². The first kappa shape index (κ1) is 17.9. The summed E-state index contributed by atoms with van der Waals surface area (Å²) in [5, 5.41) is 7.12. The highest BCUT2D eigenvalue weighted by Crippen LogP contribution is 2.13. The van der Waals surface area contributed by atoms with Crippen LogP contribution in [0.3, 0.4) is 0 Å². The van der Waals surface area contributed by atoms with Crippen LogP contribution in [0.25, 0.3) is 0 Å². The predicted molar refractivity (Wildman–Crippen MR) is 67.2 cm³/mol. The van der Waals surface area contributed by atoms with Crippen molar-refractivity contribution in [3.63, 3.8) is 0 Å². The van der Waals surface area contributed by atoms with Crippen molar-refractivity contribution in [1.82, 2.24) is 0 Å². The van der Waals surface area contributed by atoms with E-state index in [0.29, 0.717) is 0 Å². The molecule has 5 nitrogen and oxygen atoms in total. The Morgan fingerprint density at radius 1 is 1.25 bits per heavy atom. The SMILES string of the molecule is C[C@H](N)C(=O)N(C)c1ccccc1.O=C(O)C(F)(F)F. The highest BCUT2D eigenvalue weighted by Gasteiger charge is 2.38. The van der Waals surface area contributed by atoms with Crippen LogP contribution in [0.2, 0.25) is 0 Å². The number of carbonyl (C=O) groups is 2. The number of hydrogen-bond donors (Lipinski definition) is 2. The van der Waals surface area contributed by atoms with Gasteiger partial charge in [-0.1, -0.05) is 18.2 Å². The van der Waals surface area contributed by atoms with Gasteiger partial charge in [0.25, 0.3) is 0 Å². The second kappa shape index (κ2) is 7.49. The smallest absolute Gasteiger partial charge is 0.475 e. The van der Waals surface area contributed by atoms with Crippen LogP contribution in [0, 0.1) is 0 Å². The van der Waals surface area contributed by atoms with Crippen molar-refractivity contribution in [2.45, 2.75) is 19.1 Å². The van der Waals surface area contributed by atoms with Crippen molar-refractivity contribution in [2.75, 3.05) is 11.9 Å². The summed E-state index contributed by atoms with van der Waals surface area (Å²) in [5.74, 6) is -2.83. The van der Waals surface area contributed by atoms with Gasteiger partial charge >= 0.3 is 12.1 Å². The Labute approximate surface area is 113 Å². The van der Waals surface area contributed by atoms with E-state index in [1.54, 1.807) is 18.9 Å². The zero-order valence-electron chi connectivity index (χ0n) is 10.9. The van der Waals surface area contributed by atoms with Gasteiger partial charge in [0.1, 0.15) is 0 Å². The molecule has 1 aromatic rings. The van der Waals surface area contributed by atoms with Crippen LogP contribution in [0.4, 0.5) is 18.9 Å². The molecular formula is C12H15F3N2O3. The highest BCUT2D eigenvalue weighted by molar-refractivity contribution is 5.96. The maximum atomic E-state index is 11.4. The number of alkyl halides is 3. The van der Waals surface area contributed by atoms with E-state index in [-0.39, 0.29) is 5.91 Å². The van der Waals surface area contributed by atoms with E-state index in [0.717, 1.165) is 5.69 Å². The third-order valence-electron chi connectivity index (χ3n) is 2.11. The van der Waals surface area contributed by atoms with Gasteiger partial charge < -0.3 is 15.7 Å². The number of likely N-dealkylation sites (N-methyl/N-ethyl adjacent to an activating group) is 1. The van der Waals surface area contributed by atoms with Gasteiger partial charge in [-0.25, -0.2) is 4.79 Å². The van der Waals surface area contributed by atoms with Crippen LogP contribution in [0.15, 0.2) is 30.3 Å². The first-order valence-electron chi connectivity index (χ1n) is 5.45. The number of amides is 1. The molecule has 0 unspecified atom stereocenters. The third kappa shape index (κ3) is 6.19. The van der Waals surface area contributed by atoms with Crippen LogP contribution in [-0.2, 0) is 9.59 Å². The van der Waals surface area contributed by atoms with Crippen LogP contribution in [0.5, 0.6) is 0 Å². The van der Waals surface area contributed by atoms with Gasteiger partial charge in [-0.15, -0.1) is 0 Å². The number of nitrogens with zero attached hydrogens (tertiary/aromatic N) is 1. The van der Waals surface area contributed by atoms with E-state index in [1.807, 2.05) is 30.3 Å². The fourth-order valence-electron chi connectivity index (χ4n) is 1.08. The van der Waals surface area contributed by atoms with E-state index in [1.165, 1.54) is 0 Å². The molecule has 1 atom stereocenters. The number of carboxylic acid groups (broad SMARTS) is 1. The molecule has 3 N–H and O–H groups in total. The fraction of sp³-hybridized carbons (Fsp3) is 0.333. The average molecular weight is 292 g/mol. The van der Waals surface area contributed by atoms with Crippen molar-refractivity contribution >= 4 is 17.6 Å². The Morgan fingerprint density at radius 2 is 1.65 bits per heavy atom. The molecule has 0 aromatic heterocycles. The van der Waals surface area contributed by atoms with E-state index < -0.39 is 18.2 Å². The molecule has 0 radical (unpaired) electrons. The molecule has 0 saturated heterocycles. The number of para-hydroxylation sites is 1. The number of rotatable bonds is 2. The summed E-state index contributed by atoms with van der Waals surface area (Å²) >= 11 is 0. The molecule has 0 aliphatic carbocycles. The molecule has 0 aliphatic heterocycles. The molecule has 20 heavy (non-hydrogen) atoms. The Morgan fingerprint density at radius 3 is 1.95 bits per heavy atom. The minimum absolute atomic E-state index is 0.0776. The van der Waals surface area contributed by atoms with Crippen molar-refractivity contribution in [3.05, 3.63) is 30.3 Å². The standard InChI is InChI=1S/C10H14N2O.C2HF3O2/c1-8(11)10(13)12(2)9-6-4-3-5-7-9;3-2(4,5)1(6)7/h3-8H,11H2,1-2H3;(H,6,7)/t8-;/m0./s1. The summed E-state index contributed by atoms with van der Waals surface area (Å²) in [7, 11) is 1.72. The van der Waals surface area contributed by atoms with Gasteiger partial charge in [0.05, 0.1) is 6.04 Å². The van der Waals surface area contributed by atoms with Crippen LogP contribution < -0.4 is 10.6 Å². The third-order valence-corrected chi connectivity index (χ3v) is 2.11. The van der Waals surface area contributed by atoms with E-state index in [2.05, 4.69) is 0 Å². The maximum Gasteiger partial charge on any atom is 0.490 e. The number of halogens is 3. The van der Waals surface area contributed by atoms with Gasteiger partial charge in [-0.2, -0.15) is 13.2 Å². The second-order valence-electron chi connectivity index (χ2n) is 3.82. The van der Waals surface area contributed by atoms with Crippen molar-refractivity contribution < 1.29 is 27.9 Å². The van der Waals surface area contributed by atoms with E-state index >= 15 is 0 Å². The lowest BCUT2D eigenvalue weighted by Gasteiger charge is -2.18. The number of carbonyl (C=O) groups excluding carboxylic acids is 1. The molecule has 0 bridgehead atoms. The number of hydrogen-bond acceptors (Lipinski definition) is 3. The molecule has 0 aliphatic rings. The predicted octanol–water partition coefficient (Wildman–Crippen LogP) is 1.63. The average Bonchev–Trinajstić information content (AvgIpc) is 2.37. The van der Waals surface area contributed by atoms with Crippen LogP contribution >= 0.6 is 0 Å². The topological polar surface area (TPSA) is 83.6 Å². The summed E-state index contributed by atoms with van der Waals surface area (Å²) in [6, 6.07) is 8.99. The molecular weight excluding hydrogens is 277 g/mol. The minimum Gasteiger partial charge on any atom is -0.475 e. The van der Waals surface area contributed by atoms with E-state index in [9.17, 15) is 18.0 Å². The maximum absolute atomic E-state index is 11.4. The number of nitrogens with two attached hydrogens (primary N) is 1. The van der Waals surface area contributed by atoms with Crippen molar-refractivity contribution in [3.8, 4) is 0 Å². The quantitative estimate of drug-likeness (QED) is 0.867. The number of carboxylic acids is 1. The molecule has 0 spiro atoms. The lowest BCUT2D eigenvalue weighted by molar-refractivity contribution is -0.192. The van der Waals surface area contributed by atoms with Gasteiger partial charge in [0.15, 0.2) is 0 Å². The van der Waals surface area contributed by atoms with Crippen LogP contribution in [-0.4, -0.2) is 36.2 Å². The largest absolute Gasteiger partial charge is 0.490 e. The van der Waals surface area contributed by atoms with E-state index in [4.69, 9.17) is 15.6 Å². The summed E-state index contributed by atoms with van der Waals surface area (Å²) in [6.45, 7) is 1.68. The summed E-state index contributed by atoms with van der Waals surface area (Å²) in [5.41, 5.74) is 6.35. The molecule has 0 saturated carbocycles. The normalized spacial score (nSPS) is 11.9. The molecule has 112 valence electrons. The highest BCUT2D eigenvalue weighted by atomic mass is 19.4. The fourth-order valence-corrected chi connectivity index (χ4v) is 1.08. The van der Waals surface area contributed by atoms with Gasteiger partial charge in [0, 0.05) is 12.7 Å². The Kier molecular flexibility index (Phi) is 6.70. The summed E-state index contributed by atoms with van der Waals surface area (Å²) in [6.07, 6.45) is -5.08. The molecule has 0 heterocycles. The monoisotopic (exact) mass is 292 g/mol.